The Hall–Kier alpha value is -1.94. The van der Waals surface area contributed by atoms with Crippen molar-refractivity contribution in [2.24, 2.45) is 23.7 Å². The molecular weight excluding hydrogens is 1290 g/mol. The molecule has 588 valence electrons. The van der Waals surface area contributed by atoms with E-state index in [0.29, 0.717) is 25.7 Å². The molecule has 0 aromatic carbocycles. The molecular formula is C80H156O17P2. The number of hydrogen-bond acceptors (Lipinski definition) is 15. The predicted molar refractivity (Wildman–Crippen MR) is 404 cm³/mol. The van der Waals surface area contributed by atoms with Gasteiger partial charge in [-0.1, -0.05) is 357 Å². The van der Waals surface area contributed by atoms with Gasteiger partial charge in [0.25, 0.3) is 0 Å². The molecule has 19 heteroatoms. The minimum atomic E-state index is -4.96. The summed E-state index contributed by atoms with van der Waals surface area (Å²) in [5, 5.41) is 10.6. The number of esters is 4. The van der Waals surface area contributed by atoms with E-state index in [-0.39, 0.29) is 25.7 Å². The summed E-state index contributed by atoms with van der Waals surface area (Å²) < 4.78 is 68.7. The second-order valence-corrected chi connectivity index (χ2v) is 32.9. The summed E-state index contributed by atoms with van der Waals surface area (Å²) in [7, 11) is -9.92. The molecule has 0 saturated heterocycles. The van der Waals surface area contributed by atoms with E-state index in [1.165, 1.54) is 205 Å². The standard InChI is InChI=1S/C80H156O17P2/c1-9-71(6)57-49-41-33-27-23-19-16-17-20-24-28-35-44-52-60-77(82)90-66-75(96-79(84)62-54-46-36-29-25-21-15-13-12-14-18-22-26-32-40-48-56-70(4)5)68-94-98(86,87)92-64-74(81)65-93-99(88,89)95-69-76(67-91-78(83)61-53-45-39-38-43-51-59-73(8)11-3)97-80(85)63-55-47-37-31-30-34-42-50-58-72(7)10-2/h70-76,81H,9-69H2,1-8H3,(H,86,87)(H,88,89)/t71?,72?,73?,74-,75-,76-/m1/s1. The van der Waals surface area contributed by atoms with Crippen LogP contribution in [0.5, 0.6) is 0 Å². The number of carbonyl (C=O) groups excluding carboxylic acids is 4. The van der Waals surface area contributed by atoms with Crippen molar-refractivity contribution in [1.82, 2.24) is 0 Å². The number of phosphoric ester groups is 2. The zero-order chi connectivity index (χ0) is 73.1. The SMILES string of the molecule is CCC(C)CCCCCCCCCCCCCCCCC(=O)OC[C@H](COP(=O)(O)OC[C@@H](O)COP(=O)(O)OC[C@@H](COC(=O)CCCCCCCCC(C)CC)OC(=O)CCCCCCCCCCC(C)CC)OC(=O)CCCCCCCCCCCCCCCCCCC(C)C. The Kier molecular flexibility index (Phi) is 67.8. The fraction of sp³-hybridized carbons (Fsp3) is 0.950. The van der Waals surface area contributed by atoms with E-state index in [9.17, 15) is 43.2 Å². The lowest BCUT2D eigenvalue weighted by molar-refractivity contribution is -0.161. The molecule has 99 heavy (non-hydrogen) atoms. The van der Waals surface area contributed by atoms with Gasteiger partial charge in [0.2, 0.25) is 0 Å². The molecule has 0 aliphatic carbocycles. The van der Waals surface area contributed by atoms with Crippen LogP contribution >= 0.6 is 15.6 Å². The fourth-order valence-corrected chi connectivity index (χ4v) is 13.7. The summed E-state index contributed by atoms with van der Waals surface area (Å²) in [4.78, 5) is 73.0. The van der Waals surface area contributed by atoms with E-state index in [1.54, 1.807) is 0 Å². The highest BCUT2D eigenvalue weighted by molar-refractivity contribution is 7.47. The highest BCUT2D eigenvalue weighted by Crippen LogP contribution is 2.45. The summed E-state index contributed by atoms with van der Waals surface area (Å²) in [6.07, 6.45) is 55.5. The summed E-state index contributed by atoms with van der Waals surface area (Å²) in [5.41, 5.74) is 0. The number of rotatable bonds is 77. The monoisotopic (exact) mass is 1450 g/mol. The lowest BCUT2D eigenvalue weighted by Crippen LogP contribution is -2.30. The Morgan fingerprint density at radius 2 is 0.485 bits per heavy atom. The summed E-state index contributed by atoms with van der Waals surface area (Å²) >= 11 is 0. The van der Waals surface area contributed by atoms with Crippen LogP contribution in [0.4, 0.5) is 0 Å². The molecule has 3 N–H and O–H groups in total. The Morgan fingerprint density at radius 3 is 0.717 bits per heavy atom. The molecule has 0 aliphatic heterocycles. The Bertz CT molecular complexity index is 1940. The molecule has 0 amide bonds. The number of hydrogen-bond donors (Lipinski definition) is 3. The maximum atomic E-state index is 13.1. The first-order valence-corrected chi connectivity index (χ1v) is 44.3. The quantitative estimate of drug-likeness (QED) is 0.0222. The van der Waals surface area contributed by atoms with Crippen LogP contribution in [0, 0.1) is 23.7 Å². The van der Waals surface area contributed by atoms with E-state index >= 15 is 0 Å². The molecule has 0 bridgehead atoms. The molecule has 0 aliphatic rings. The fourth-order valence-electron chi connectivity index (χ4n) is 12.2. The van der Waals surface area contributed by atoms with Crippen molar-refractivity contribution in [3.63, 3.8) is 0 Å². The summed E-state index contributed by atoms with van der Waals surface area (Å²) in [5.74, 6) is 1.04. The molecule has 0 radical (unpaired) electrons. The molecule has 0 aromatic heterocycles. The molecule has 0 rings (SSSR count). The van der Waals surface area contributed by atoms with Gasteiger partial charge in [-0.2, -0.15) is 0 Å². The molecule has 0 spiro atoms. The van der Waals surface area contributed by atoms with Crippen molar-refractivity contribution in [3.8, 4) is 0 Å². The van der Waals surface area contributed by atoms with E-state index in [0.717, 1.165) is 120 Å². The van der Waals surface area contributed by atoms with E-state index in [1.807, 2.05) is 0 Å². The van der Waals surface area contributed by atoms with Gasteiger partial charge < -0.3 is 33.8 Å². The van der Waals surface area contributed by atoms with Gasteiger partial charge in [-0.25, -0.2) is 9.13 Å². The molecule has 8 atom stereocenters. The number of ether oxygens (including phenoxy) is 4. The lowest BCUT2D eigenvalue weighted by Gasteiger charge is -2.21. The third kappa shape index (κ3) is 70.2. The molecule has 0 saturated carbocycles. The maximum Gasteiger partial charge on any atom is 0.472 e. The molecule has 0 aromatic rings. The van der Waals surface area contributed by atoms with Gasteiger partial charge in [0, 0.05) is 25.7 Å². The third-order valence-electron chi connectivity index (χ3n) is 19.7. The Balaban J connectivity index is 5.24. The predicted octanol–water partition coefficient (Wildman–Crippen LogP) is 23.6. The topological polar surface area (TPSA) is 237 Å². The Morgan fingerprint density at radius 1 is 0.283 bits per heavy atom. The van der Waals surface area contributed by atoms with Crippen LogP contribution in [0.25, 0.3) is 0 Å². The lowest BCUT2D eigenvalue weighted by atomic mass is 9.99. The van der Waals surface area contributed by atoms with Gasteiger partial charge >= 0.3 is 39.5 Å². The van der Waals surface area contributed by atoms with Crippen molar-refractivity contribution >= 4 is 39.5 Å². The van der Waals surface area contributed by atoms with Crippen LogP contribution in [0.2, 0.25) is 0 Å². The third-order valence-corrected chi connectivity index (χ3v) is 21.6. The molecule has 5 unspecified atom stereocenters. The number of carbonyl (C=O) groups is 4. The number of unbranched alkanes of at least 4 members (excludes halogenated alkanes) is 40. The van der Waals surface area contributed by atoms with Crippen molar-refractivity contribution in [2.75, 3.05) is 39.6 Å². The van der Waals surface area contributed by atoms with Gasteiger partial charge in [-0.05, 0) is 49.4 Å². The van der Waals surface area contributed by atoms with Crippen LogP contribution in [0.1, 0.15) is 409 Å². The second-order valence-electron chi connectivity index (χ2n) is 30.0. The van der Waals surface area contributed by atoms with E-state index < -0.39 is 97.5 Å². The van der Waals surface area contributed by atoms with Gasteiger partial charge in [0.15, 0.2) is 12.2 Å². The number of phosphoric acid groups is 2. The summed E-state index contributed by atoms with van der Waals surface area (Å²) in [6.45, 7) is 14.3. The van der Waals surface area contributed by atoms with Gasteiger partial charge in [0.1, 0.15) is 19.3 Å². The average molecular weight is 1450 g/mol. The van der Waals surface area contributed by atoms with Gasteiger partial charge in [-0.3, -0.25) is 37.3 Å². The van der Waals surface area contributed by atoms with Crippen molar-refractivity contribution in [3.05, 3.63) is 0 Å². The average Bonchev–Trinajstić information content (AvgIpc) is 3.14. The zero-order valence-corrected chi connectivity index (χ0v) is 66.9. The van der Waals surface area contributed by atoms with Crippen molar-refractivity contribution in [2.45, 2.75) is 427 Å². The molecule has 0 heterocycles. The first kappa shape index (κ1) is 97.1. The smallest absolute Gasteiger partial charge is 0.462 e. The maximum absolute atomic E-state index is 13.1. The first-order valence-electron chi connectivity index (χ1n) is 41.3. The highest BCUT2D eigenvalue weighted by atomic mass is 31.2. The molecule has 17 nitrogen and oxygen atoms in total. The van der Waals surface area contributed by atoms with E-state index in [2.05, 4.69) is 55.4 Å². The van der Waals surface area contributed by atoms with Crippen LogP contribution < -0.4 is 0 Å². The van der Waals surface area contributed by atoms with Crippen LogP contribution in [0.3, 0.4) is 0 Å². The van der Waals surface area contributed by atoms with Crippen LogP contribution in [-0.4, -0.2) is 96.7 Å². The minimum absolute atomic E-state index is 0.104. The largest absolute Gasteiger partial charge is 0.472 e. The van der Waals surface area contributed by atoms with E-state index in [4.69, 9.17) is 37.0 Å². The molecule has 0 fully saturated rings. The van der Waals surface area contributed by atoms with Crippen molar-refractivity contribution in [1.29, 1.82) is 0 Å². The number of aliphatic hydroxyl groups excluding tert-OH is 1. The van der Waals surface area contributed by atoms with Gasteiger partial charge in [-0.15, -0.1) is 0 Å². The Labute approximate surface area is 607 Å². The normalized spacial score (nSPS) is 14.9. The first-order chi connectivity index (χ1) is 47.7. The number of aliphatic hydroxyl groups is 1. The highest BCUT2D eigenvalue weighted by Gasteiger charge is 2.30. The van der Waals surface area contributed by atoms with Crippen LogP contribution in [0.15, 0.2) is 0 Å². The van der Waals surface area contributed by atoms with Gasteiger partial charge in [0.05, 0.1) is 26.4 Å². The van der Waals surface area contributed by atoms with Crippen molar-refractivity contribution < 1.29 is 80.2 Å². The summed E-state index contributed by atoms with van der Waals surface area (Å²) in [6, 6.07) is 0. The zero-order valence-electron chi connectivity index (χ0n) is 65.1. The van der Waals surface area contributed by atoms with Crippen LogP contribution in [-0.2, 0) is 65.4 Å². The second kappa shape index (κ2) is 69.1. The minimum Gasteiger partial charge on any atom is -0.462 e.